The molecule has 0 spiro atoms. The van der Waals surface area contributed by atoms with Crippen molar-refractivity contribution >= 4 is 60.9 Å². The maximum absolute atomic E-state index is 13.2. The van der Waals surface area contributed by atoms with Crippen molar-refractivity contribution in [2.75, 3.05) is 5.32 Å². The van der Waals surface area contributed by atoms with E-state index in [2.05, 4.69) is 42.5 Å². The van der Waals surface area contributed by atoms with Gasteiger partial charge in [-0.25, -0.2) is 4.79 Å². The van der Waals surface area contributed by atoms with Gasteiger partial charge in [-0.3, -0.25) is 4.79 Å². The van der Waals surface area contributed by atoms with Crippen molar-refractivity contribution in [3.8, 4) is 11.5 Å². The normalized spacial score (nSPS) is 12.1. The van der Waals surface area contributed by atoms with Gasteiger partial charge in [-0.15, -0.1) is 11.3 Å². The third-order valence-electron chi connectivity index (χ3n) is 4.58. The van der Waals surface area contributed by atoms with Gasteiger partial charge in [0.2, 0.25) is 5.91 Å². The first-order chi connectivity index (χ1) is 16.0. The van der Waals surface area contributed by atoms with Crippen molar-refractivity contribution in [3.05, 3.63) is 73.3 Å². The zero-order valence-electron chi connectivity index (χ0n) is 19.3. The molecule has 1 unspecified atom stereocenters. The number of alkyl carbamates (subject to hydrolysis) is 1. The highest BCUT2D eigenvalue weighted by Gasteiger charge is 2.26. The number of carbonyl (C=O) groups excluding carboxylic acids is 2. The second kappa shape index (κ2) is 11.4. The van der Waals surface area contributed by atoms with Crippen molar-refractivity contribution in [2.45, 2.75) is 45.8 Å². The minimum Gasteiger partial charge on any atom is -0.457 e. The number of thiophene rings is 1. The maximum Gasteiger partial charge on any atom is 0.408 e. The lowest BCUT2D eigenvalue weighted by atomic mass is 10.1. The summed E-state index contributed by atoms with van der Waals surface area (Å²) in [4.78, 5) is 25.7. The molecule has 0 saturated heterocycles. The number of nitrogens with one attached hydrogen (secondary N) is 2. The van der Waals surface area contributed by atoms with Crippen molar-refractivity contribution in [1.82, 2.24) is 5.32 Å². The predicted octanol–water partition coefficient (Wildman–Crippen LogP) is 7.45. The number of ether oxygens (including phenoxy) is 2. The van der Waals surface area contributed by atoms with E-state index in [0.717, 1.165) is 24.4 Å². The topological polar surface area (TPSA) is 76.7 Å². The number of amides is 2. The first-order valence-corrected chi connectivity index (χ1v) is 13.0. The van der Waals surface area contributed by atoms with Crippen LogP contribution in [0.4, 0.5) is 10.5 Å². The van der Waals surface area contributed by atoms with Crippen LogP contribution in [0.2, 0.25) is 0 Å². The molecule has 0 aliphatic heterocycles. The van der Waals surface area contributed by atoms with Crippen LogP contribution in [0.25, 0.3) is 0 Å². The van der Waals surface area contributed by atoms with Crippen LogP contribution < -0.4 is 15.4 Å². The van der Waals surface area contributed by atoms with Crippen molar-refractivity contribution < 1.29 is 19.1 Å². The Balaban J connectivity index is 1.77. The average molecular weight is 610 g/mol. The van der Waals surface area contributed by atoms with E-state index < -0.39 is 17.7 Å². The van der Waals surface area contributed by atoms with E-state index >= 15 is 0 Å². The summed E-state index contributed by atoms with van der Waals surface area (Å²) in [5.41, 5.74) is 1.77. The van der Waals surface area contributed by atoms with Gasteiger partial charge in [-0.1, -0.05) is 24.3 Å². The van der Waals surface area contributed by atoms with E-state index in [1.54, 1.807) is 39.0 Å². The first-order valence-electron chi connectivity index (χ1n) is 10.6. The van der Waals surface area contributed by atoms with Crippen molar-refractivity contribution in [1.29, 1.82) is 0 Å². The van der Waals surface area contributed by atoms with Crippen molar-refractivity contribution in [2.24, 2.45) is 0 Å². The van der Waals surface area contributed by atoms with Crippen LogP contribution in [0.3, 0.4) is 0 Å². The minimum atomic E-state index is -0.853. The summed E-state index contributed by atoms with van der Waals surface area (Å²) in [6, 6.07) is 15.9. The fourth-order valence-electron chi connectivity index (χ4n) is 3.06. The molecule has 0 saturated carbocycles. The van der Waals surface area contributed by atoms with Gasteiger partial charge in [0.15, 0.2) is 0 Å². The highest BCUT2D eigenvalue weighted by molar-refractivity contribution is 9.12. The van der Waals surface area contributed by atoms with Gasteiger partial charge in [-0.05, 0) is 94.9 Å². The molecule has 0 aliphatic rings. The van der Waals surface area contributed by atoms with Gasteiger partial charge in [0.25, 0.3) is 0 Å². The highest BCUT2D eigenvalue weighted by atomic mass is 79.9. The molecule has 1 heterocycles. The van der Waals surface area contributed by atoms with E-state index in [1.165, 1.54) is 11.3 Å². The highest BCUT2D eigenvalue weighted by Crippen LogP contribution is 2.33. The van der Waals surface area contributed by atoms with E-state index in [-0.39, 0.29) is 12.3 Å². The van der Waals surface area contributed by atoms with Crippen LogP contribution in [-0.2, 0) is 16.0 Å². The van der Waals surface area contributed by atoms with E-state index in [4.69, 9.17) is 9.47 Å². The largest absolute Gasteiger partial charge is 0.457 e. The fraction of sp³-hybridized carbons (Fsp3) is 0.280. The van der Waals surface area contributed by atoms with Crippen LogP contribution >= 0.6 is 43.2 Å². The lowest BCUT2D eigenvalue weighted by Crippen LogP contribution is -2.47. The summed E-state index contributed by atoms with van der Waals surface area (Å²) in [7, 11) is 0. The Morgan fingerprint density at radius 2 is 1.79 bits per heavy atom. The summed E-state index contributed by atoms with van der Waals surface area (Å²) in [5.74, 6) is 0.963. The molecular weight excluding hydrogens is 584 g/mol. The smallest absolute Gasteiger partial charge is 0.408 e. The number of hydrogen-bond donors (Lipinski definition) is 2. The summed E-state index contributed by atoms with van der Waals surface area (Å²) in [6.45, 7) is 7.28. The molecular formula is C25H26Br2N2O4S. The molecule has 0 fully saturated rings. The number of rotatable bonds is 7. The second-order valence-corrected chi connectivity index (χ2v) is 12.4. The third kappa shape index (κ3) is 7.85. The molecule has 3 rings (SSSR count). The van der Waals surface area contributed by atoms with Crippen LogP contribution in [0.5, 0.6) is 11.5 Å². The third-order valence-corrected chi connectivity index (χ3v) is 7.05. The Morgan fingerprint density at radius 1 is 1.06 bits per heavy atom. The molecule has 2 N–H and O–H groups in total. The van der Waals surface area contributed by atoms with Gasteiger partial charge < -0.3 is 20.1 Å². The lowest BCUT2D eigenvalue weighted by molar-refractivity contribution is -0.118. The molecule has 180 valence electrons. The molecule has 3 aromatic rings. The zero-order chi connectivity index (χ0) is 24.9. The molecule has 6 nitrogen and oxygen atoms in total. The Morgan fingerprint density at radius 3 is 2.44 bits per heavy atom. The SMILES string of the molecule is Cc1ccccc1Oc1cccc(NC(=O)C(Cc2cc(Br)sc2Br)NC(=O)OC(C)(C)C)c1. The van der Waals surface area contributed by atoms with E-state index in [1.807, 2.05) is 43.3 Å². The Bertz CT molecular complexity index is 1170. The van der Waals surface area contributed by atoms with Gasteiger partial charge in [0.1, 0.15) is 23.1 Å². The maximum atomic E-state index is 13.2. The Kier molecular flexibility index (Phi) is 8.78. The van der Waals surface area contributed by atoms with Crippen molar-refractivity contribution in [3.63, 3.8) is 0 Å². The number of anilines is 1. The Hall–Kier alpha value is -2.36. The molecule has 0 bridgehead atoms. The summed E-state index contributed by atoms with van der Waals surface area (Å²) >= 11 is 8.48. The fourth-order valence-corrected chi connectivity index (χ4v) is 5.92. The van der Waals surface area contributed by atoms with E-state index in [0.29, 0.717) is 11.4 Å². The summed E-state index contributed by atoms with van der Waals surface area (Å²) in [6.07, 6.45) is -0.373. The standard InChI is InChI=1S/C25H26Br2N2O4S/c1-15-8-5-6-11-20(15)32-18-10-7-9-17(14-18)28-23(30)19(29-24(31)33-25(2,3)4)12-16-13-21(26)34-22(16)27/h5-11,13-14,19H,12H2,1-4H3,(H,28,30)(H,29,31). The Labute approximate surface area is 220 Å². The van der Waals surface area contributed by atoms with E-state index in [9.17, 15) is 9.59 Å². The van der Waals surface area contributed by atoms with Crippen LogP contribution in [0, 0.1) is 6.92 Å². The second-order valence-electron chi connectivity index (χ2n) is 8.64. The van der Waals surface area contributed by atoms with Crippen LogP contribution in [0.1, 0.15) is 31.9 Å². The van der Waals surface area contributed by atoms with Gasteiger partial charge >= 0.3 is 6.09 Å². The molecule has 9 heteroatoms. The quantitative estimate of drug-likeness (QED) is 0.292. The number of hydrogen-bond acceptors (Lipinski definition) is 5. The van der Waals surface area contributed by atoms with Gasteiger partial charge in [0.05, 0.1) is 7.57 Å². The molecule has 2 aromatic carbocycles. The summed E-state index contributed by atoms with van der Waals surface area (Å²) in [5, 5.41) is 5.59. The molecule has 0 aliphatic carbocycles. The monoisotopic (exact) mass is 608 g/mol. The average Bonchev–Trinajstić information content (AvgIpc) is 3.05. The lowest BCUT2D eigenvalue weighted by Gasteiger charge is -2.23. The molecule has 2 amide bonds. The molecule has 0 radical (unpaired) electrons. The predicted molar refractivity (Wildman–Crippen MR) is 143 cm³/mol. The number of halogens is 2. The molecule has 1 atom stereocenters. The van der Waals surface area contributed by atoms with Gasteiger partial charge in [-0.2, -0.15) is 0 Å². The number of para-hydroxylation sites is 1. The number of carbonyl (C=O) groups is 2. The minimum absolute atomic E-state index is 0.285. The molecule has 34 heavy (non-hydrogen) atoms. The van der Waals surface area contributed by atoms with Crippen LogP contribution in [-0.4, -0.2) is 23.6 Å². The summed E-state index contributed by atoms with van der Waals surface area (Å²) < 4.78 is 13.2. The number of aryl methyl sites for hydroxylation is 1. The molecule has 1 aromatic heterocycles. The first kappa shape index (κ1) is 26.2. The zero-order valence-corrected chi connectivity index (χ0v) is 23.3. The van der Waals surface area contributed by atoms with Crippen LogP contribution in [0.15, 0.2) is 62.2 Å². The van der Waals surface area contributed by atoms with Gasteiger partial charge in [0, 0.05) is 18.2 Å². The number of benzene rings is 2.